The van der Waals surface area contributed by atoms with E-state index in [1.165, 1.54) is 6.33 Å². The number of benzene rings is 1. The quantitative estimate of drug-likeness (QED) is 0.425. The summed E-state index contributed by atoms with van der Waals surface area (Å²) < 4.78 is 5.27. The van der Waals surface area contributed by atoms with E-state index >= 15 is 0 Å². The minimum absolute atomic E-state index is 0.132. The van der Waals surface area contributed by atoms with Crippen LogP contribution in [0.3, 0.4) is 0 Å². The standard InChI is InChI=1S/C25H29N7O2/c1-25(2,18-7-5-6-16-17(23(33)27-3)8-9-28-22(16)18)13-30-21-11-20(31-14-32-21)15-10-19(26)24(34-4)29-12-15/h5-12,14,24,29H,13,26H2,1-4H3,(H,27,33)(H,30,31,32). The highest BCUT2D eigenvalue weighted by atomic mass is 16.5. The minimum atomic E-state index is -0.345. The maximum atomic E-state index is 12.3. The van der Waals surface area contributed by atoms with Crippen molar-refractivity contribution < 1.29 is 9.53 Å². The predicted molar refractivity (Wildman–Crippen MR) is 133 cm³/mol. The molecule has 0 aliphatic carbocycles. The number of rotatable bonds is 7. The fourth-order valence-corrected chi connectivity index (χ4v) is 3.98. The smallest absolute Gasteiger partial charge is 0.251 e. The first-order valence-electron chi connectivity index (χ1n) is 11.0. The number of allylic oxidation sites excluding steroid dienone is 2. The molecule has 1 aliphatic rings. The van der Waals surface area contributed by atoms with Gasteiger partial charge < -0.3 is 26.4 Å². The molecule has 2 aromatic heterocycles. The van der Waals surface area contributed by atoms with Gasteiger partial charge in [-0.3, -0.25) is 9.78 Å². The number of carbonyl (C=O) groups excluding carboxylic acids is 1. The Labute approximate surface area is 198 Å². The van der Waals surface area contributed by atoms with Crippen molar-refractivity contribution in [3.63, 3.8) is 0 Å². The van der Waals surface area contributed by atoms with Crippen LogP contribution >= 0.6 is 0 Å². The largest absolute Gasteiger partial charge is 0.398 e. The fourth-order valence-electron chi connectivity index (χ4n) is 3.98. The molecule has 1 aliphatic heterocycles. The van der Waals surface area contributed by atoms with Crippen molar-refractivity contribution in [1.82, 2.24) is 25.6 Å². The SMILES string of the molecule is CNC(=O)c1ccnc2c(C(C)(C)CNc3cc(C4=CNC(OC)C(N)=C4)ncn3)cccc12. The Balaban J connectivity index is 1.57. The zero-order valence-corrected chi connectivity index (χ0v) is 19.7. The van der Waals surface area contributed by atoms with Crippen LogP contribution in [0.4, 0.5) is 5.82 Å². The Hall–Kier alpha value is -3.98. The van der Waals surface area contributed by atoms with Gasteiger partial charge >= 0.3 is 0 Å². The van der Waals surface area contributed by atoms with Gasteiger partial charge in [-0.25, -0.2) is 9.97 Å². The molecule has 0 saturated heterocycles. The number of nitrogens with two attached hydrogens (primary N) is 1. The number of pyridine rings is 1. The number of hydrogen-bond acceptors (Lipinski definition) is 8. The summed E-state index contributed by atoms with van der Waals surface area (Å²) in [6.07, 6.45) is 6.52. The van der Waals surface area contributed by atoms with Crippen molar-refractivity contribution in [3.05, 3.63) is 77.6 Å². The predicted octanol–water partition coefficient (Wildman–Crippen LogP) is 2.53. The molecule has 4 rings (SSSR count). The lowest BCUT2D eigenvalue weighted by atomic mass is 9.82. The van der Waals surface area contributed by atoms with Gasteiger partial charge in [-0.05, 0) is 17.7 Å². The van der Waals surface area contributed by atoms with Gasteiger partial charge in [0, 0.05) is 55.5 Å². The van der Waals surface area contributed by atoms with Crippen molar-refractivity contribution in [2.45, 2.75) is 25.5 Å². The second-order valence-electron chi connectivity index (χ2n) is 8.69. The molecule has 1 unspecified atom stereocenters. The molecule has 3 heterocycles. The second kappa shape index (κ2) is 9.48. The number of hydrogen-bond donors (Lipinski definition) is 4. The van der Waals surface area contributed by atoms with Crippen LogP contribution in [0.1, 0.15) is 35.5 Å². The number of fused-ring (bicyclic) bond motifs is 1. The summed E-state index contributed by atoms with van der Waals surface area (Å²) in [7, 11) is 3.22. The van der Waals surface area contributed by atoms with Crippen LogP contribution < -0.4 is 21.7 Å². The van der Waals surface area contributed by atoms with Crippen molar-refractivity contribution in [3.8, 4) is 0 Å². The molecule has 176 valence electrons. The lowest BCUT2D eigenvalue weighted by Crippen LogP contribution is -2.34. The van der Waals surface area contributed by atoms with Crippen molar-refractivity contribution in [1.29, 1.82) is 0 Å². The number of nitrogens with zero attached hydrogens (tertiary/aromatic N) is 3. The maximum absolute atomic E-state index is 12.3. The summed E-state index contributed by atoms with van der Waals surface area (Å²) in [6.45, 7) is 4.86. The zero-order valence-electron chi connectivity index (χ0n) is 19.7. The Morgan fingerprint density at radius 2 is 2.06 bits per heavy atom. The normalized spacial score (nSPS) is 15.8. The fraction of sp³-hybridized carbons (Fsp3) is 0.280. The number of dihydropyridines is 1. The van der Waals surface area contributed by atoms with Crippen molar-refractivity contribution >= 4 is 28.2 Å². The average molecular weight is 460 g/mol. The molecule has 3 aromatic rings. The highest BCUT2D eigenvalue weighted by molar-refractivity contribution is 6.06. The maximum Gasteiger partial charge on any atom is 0.251 e. The molecular formula is C25H29N7O2. The minimum Gasteiger partial charge on any atom is -0.398 e. The molecule has 0 bridgehead atoms. The van der Waals surface area contributed by atoms with Crippen LogP contribution in [0.15, 0.2) is 60.8 Å². The van der Waals surface area contributed by atoms with Crippen LogP contribution in [0.5, 0.6) is 0 Å². The van der Waals surface area contributed by atoms with Gasteiger partial charge in [0.1, 0.15) is 12.1 Å². The van der Waals surface area contributed by atoms with E-state index in [-0.39, 0.29) is 17.6 Å². The van der Waals surface area contributed by atoms with Crippen LogP contribution in [0, 0.1) is 0 Å². The first-order valence-corrected chi connectivity index (χ1v) is 11.0. The van der Waals surface area contributed by atoms with Gasteiger partial charge in [0.15, 0.2) is 6.23 Å². The number of ether oxygens (including phenoxy) is 1. The third-order valence-corrected chi connectivity index (χ3v) is 5.90. The Morgan fingerprint density at radius 1 is 1.24 bits per heavy atom. The van der Waals surface area contributed by atoms with Gasteiger partial charge in [0.25, 0.3) is 5.91 Å². The second-order valence-corrected chi connectivity index (χ2v) is 8.69. The van der Waals surface area contributed by atoms with Crippen molar-refractivity contribution in [2.75, 3.05) is 26.0 Å². The number of nitrogens with one attached hydrogen (secondary N) is 3. The number of para-hydroxylation sites is 1. The highest BCUT2D eigenvalue weighted by Crippen LogP contribution is 2.31. The van der Waals surface area contributed by atoms with E-state index in [0.717, 1.165) is 27.7 Å². The number of carbonyl (C=O) groups is 1. The molecule has 9 heteroatoms. The number of amides is 1. The number of methoxy groups -OCH3 is 1. The summed E-state index contributed by atoms with van der Waals surface area (Å²) in [5.74, 6) is 0.561. The van der Waals surface area contributed by atoms with Crippen LogP contribution in [0.25, 0.3) is 16.5 Å². The summed E-state index contributed by atoms with van der Waals surface area (Å²) in [6, 6.07) is 9.56. The van der Waals surface area contributed by atoms with E-state index in [9.17, 15) is 4.79 Å². The third kappa shape index (κ3) is 4.55. The van der Waals surface area contributed by atoms with Crippen LogP contribution in [-0.2, 0) is 10.2 Å². The molecule has 9 nitrogen and oxygen atoms in total. The molecule has 34 heavy (non-hydrogen) atoms. The van der Waals surface area contributed by atoms with Crippen LogP contribution in [-0.4, -0.2) is 47.8 Å². The Morgan fingerprint density at radius 3 is 2.79 bits per heavy atom. The number of anilines is 1. The Kier molecular flexibility index (Phi) is 6.47. The number of aromatic nitrogens is 3. The lowest BCUT2D eigenvalue weighted by Gasteiger charge is -2.27. The lowest BCUT2D eigenvalue weighted by molar-refractivity contribution is 0.0964. The van der Waals surface area contributed by atoms with E-state index in [0.29, 0.717) is 23.6 Å². The first kappa shape index (κ1) is 23.2. The van der Waals surface area contributed by atoms with Gasteiger partial charge in [0.05, 0.1) is 22.5 Å². The highest BCUT2D eigenvalue weighted by Gasteiger charge is 2.25. The van der Waals surface area contributed by atoms with E-state index in [4.69, 9.17) is 10.5 Å². The monoisotopic (exact) mass is 459 g/mol. The first-order chi connectivity index (χ1) is 16.3. The molecule has 0 spiro atoms. The molecule has 0 fully saturated rings. The molecule has 0 radical (unpaired) electrons. The zero-order chi connectivity index (χ0) is 24.3. The van der Waals surface area contributed by atoms with Crippen LogP contribution in [0.2, 0.25) is 0 Å². The van der Waals surface area contributed by atoms with Gasteiger partial charge in [0.2, 0.25) is 0 Å². The van der Waals surface area contributed by atoms with Gasteiger partial charge in [-0.15, -0.1) is 0 Å². The van der Waals surface area contributed by atoms with Crippen molar-refractivity contribution in [2.24, 2.45) is 5.73 Å². The summed E-state index contributed by atoms with van der Waals surface area (Å²) >= 11 is 0. The summed E-state index contributed by atoms with van der Waals surface area (Å²) in [4.78, 5) is 25.7. The molecule has 1 atom stereocenters. The molecule has 1 amide bonds. The summed E-state index contributed by atoms with van der Waals surface area (Å²) in [5, 5.41) is 10.1. The van der Waals surface area contributed by atoms with E-state index < -0.39 is 0 Å². The molecule has 0 saturated carbocycles. The molecule has 5 N–H and O–H groups in total. The van der Waals surface area contributed by atoms with Gasteiger partial charge in [-0.1, -0.05) is 32.0 Å². The summed E-state index contributed by atoms with van der Waals surface area (Å²) in [5.41, 5.74) is 10.4. The van der Waals surface area contributed by atoms with E-state index in [1.807, 2.05) is 36.5 Å². The van der Waals surface area contributed by atoms with E-state index in [2.05, 4.69) is 44.7 Å². The molecular weight excluding hydrogens is 430 g/mol. The topological polar surface area (TPSA) is 127 Å². The molecule has 1 aromatic carbocycles. The van der Waals surface area contributed by atoms with E-state index in [1.54, 1.807) is 26.4 Å². The average Bonchev–Trinajstić information content (AvgIpc) is 2.86. The Bertz CT molecular complexity index is 1280. The third-order valence-electron chi connectivity index (χ3n) is 5.90. The van der Waals surface area contributed by atoms with Gasteiger partial charge in [-0.2, -0.15) is 0 Å².